The number of carbonyl (C=O) groups is 2. The van der Waals surface area contributed by atoms with Gasteiger partial charge in [-0.25, -0.2) is 4.79 Å². The minimum Gasteiger partial charge on any atom is -0.341 e. The number of likely N-dealkylation sites (tertiary alicyclic amines) is 1. The maximum atomic E-state index is 12.6. The Bertz CT molecular complexity index is 959. The van der Waals surface area contributed by atoms with Gasteiger partial charge in [0.2, 0.25) is 0 Å². The van der Waals surface area contributed by atoms with E-state index in [-0.39, 0.29) is 17.4 Å². The minimum absolute atomic E-state index is 0.119. The zero-order valence-electron chi connectivity index (χ0n) is 15.4. The summed E-state index contributed by atoms with van der Waals surface area (Å²) < 4.78 is 1.26. The second-order valence-electron chi connectivity index (χ2n) is 6.94. The van der Waals surface area contributed by atoms with E-state index < -0.39 is 0 Å². The van der Waals surface area contributed by atoms with Crippen molar-refractivity contribution in [1.82, 2.24) is 14.8 Å². The van der Waals surface area contributed by atoms with Crippen LogP contribution in [-0.2, 0) is 6.42 Å². The van der Waals surface area contributed by atoms with Crippen LogP contribution in [0.3, 0.4) is 0 Å². The first kappa shape index (κ1) is 17.3. The summed E-state index contributed by atoms with van der Waals surface area (Å²) in [5.41, 5.74) is 3.96. The molecule has 2 aliphatic rings. The summed E-state index contributed by atoms with van der Waals surface area (Å²) in [5.74, 6) is 0.119. The Morgan fingerprint density at radius 1 is 1.07 bits per heavy atom. The number of hydrogen-bond donors (Lipinski definition) is 2. The van der Waals surface area contributed by atoms with Gasteiger partial charge in [-0.3, -0.25) is 14.8 Å². The van der Waals surface area contributed by atoms with Gasteiger partial charge in [0.15, 0.2) is 0 Å². The van der Waals surface area contributed by atoms with Crippen LogP contribution in [0.5, 0.6) is 0 Å². The van der Waals surface area contributed by atoms with E-state index in [9.17, 15) is 9.59 Å². The SMILES string of the molecule is CNC(=O)n1ccc(N2CCc3cc(C(=O)N4CCCC4)ccc32)cc1=N. The number of benzene rings is 1. The Hall–Kier alpha value is -3.09. The van der Waals surface area contributed by atoms with Crippen molar-refractivity contribution >= 4 is 23.3 Å². The van der Waals surface area contributed by atoms with Crippen molar-refractivity contribution < 1.29 is 9.59 Å². The van der Waals surface area contributed by atoms with Gasteiger partial charge in [-0.2, -0.15) is 0 Å². The third kappa shape index (κ3) is 3.09. The summed E-state index contributed by atoms with van der Waals surface area (Å²) in [6.07, 6.45) is 4.64. The molecule has 1 fully saturated rings. The molecule has 1 aromatic heterocycles. The molecule has 7 nitrogen and oxygen atoms in total. The molecule has 0 aliphatic carbocycles. The van der Waals surface area contributed by atoms with Crippen LogP contribution >= 0.6 is 0 Å². The highest BCUT2D eigenvalue weighted by Gasteiger charge is 2.24. The van der Waals surface area contributed by atoms with Crippen molar-refractivity contribution in [2.24, 2.45) is 0 Å². The van der Waals surface area contributed by atoms with Crippen LogP contribution in [0.25, 0.3) is 0 Å². The molecule has 1 aromatic carbocycles. The van der Waals surface area contributed by atoms with Crippen LogP contribution < -0.4 is 15.7 Å². The quantitative estimate of drug-likeness (QED) is 0.855. The fourth-order valence-corrected chi connectivity index (χ4v) is 3.86. The van der Waals surface area contributed by atoms with Crippen LogP contribution in [-0.4, -0.2) is 48.1 Å². The molecular weight excluding hydrogens is 342 g/mol. The van der Waals surface area contributed by atoms with Crippen LogP contribution in [0.15, 0.2) is 36.5 Å². The predicted octanol–water partition coefficient (Wildman–Crippen LogP) is 2.09. The number of hydrogen-bond acceptors (Lipinski definition) is 4. The lowest BCUT2D eigenvalue weighted by atomic mass is 10.1. The summed E-state index contributed by atoms with van der Waals surface area (Å²) in [7, 11) is 1.54. The molecule has 0 spiro atoms. The predicted molar refractivity (Wildman–Crippen MR) is 102 cm³/mol. The number of pyridine rings is 1. The summed E-state index contributed by atoms with van der Waals surface area (Å²) in [4.78, 5) is 28.4. The maximum absolute atomic E-state index is 12.6. The average molecular weight is 365 g/mol. The average Bonchev–Trinajstić information content (AvgIpc) is 3.36. The second kappa shape index (κ2) is 6.90. The van der Waals surface area contributed by atoms with Gasteiger partial charge in [-0.05, 0) is 49.1 Å². The zero-order valence-corrected chi connectivity index (χ0v) is 15.4. The van der Waals surface area contributed by atoms with E-state index in [1.54, 1.807) is 19.3 Å². The molecule has 2 aromatic rings. The third-order valence-corrected chi connectivity index (χ3v) is 5.30. The van der Waals surface area contributed by atoms with Crippen molar-refractivity contribution in [2.45, 2.75) is 19.3 Å². The van der Waals surface area contributed by atoms with Crippen molar-refractivity contribution in [3.8, 4) is 0 Å². The fourth-order valence-electron chi connectivity index (χ4n) is 3.86. The van der Waals surface area contributed by atoms with Gasteiger partial charge in [0, 0.05) is 55.9 Å². The van der Waals surface area contributed by atoms with Crippen molar-refractivity contribution in [2.75, 3.05) is 31.6 Å². The standard InChI is InChI=1S/C20H23N5O2/c1-22-20(27)25-11-7-16(13-18(25)21)24-10-6-14-12-15(4-5-17(14)24)19(26)23-8-2-3-9-23/h4-5,7,11-13,21H,2-3,6,8-10H2,1H3,(H,22,27). The molecule has 0 radical (unpaired) electrons. The molecule has 27 heavy (non-hydrogen) atoms. The number of nitrogens with one attached hydrogen (secondary N) is 2. The number of anilines is 2. The Balaban J connectivity index is 1.60. The van der Waals surface area contributed by atoms with E-state index in [1.165, 1.54) is 4.57 Å². The highest BCUT2D eigenvalue weighted by atomic mass is 16.2. The Morgan fingerprint density at radius 3 is 2.56 bits per heavy atom. The van der Waals surface area contributed by atoms with Crippen LogP contribution in [0.1, 0.15) is 28.8 Å². The molecule has 2 N–H and O–H groups in total. The molecule has 0 saturated carbocycles. The van der Waals surface area contributed by atoms with E-state index in [1.807, 2.05) is 29.2 Å². The summed E-state index contributed by atoms with van der Waals surface area (Å²) >= 11 is 0. The molecule has 0 atom stereocenters. The molecule has 0 unspecified atom stereocenters. The van der Waals surface area contributed by atoms with Crippen LogP contribution in [0, 0.1) is 5.41 Å². The summed E-state index contributed by atoms with van der Waals surface area (Å²) in [6.45, 7) is 2.49. The first-order valence-electron chi connectivity index (χ1n) is 9.27. The van der Waals surface area contributed by atoms with Gasteiger partial charge in [0.1, 0.15) is 5.49 Å². The van der Waals surface area contributed by atoms with E-state index in [2.05, 4.69) is 10.2 Å². The largest absolute Gasteiger partial charge is 0.341 e. The third-order valence-electron chi connectivity index (χ3n) is 5.30. The van der Waals surface area contributed by atoms with Gasteiger partial charge in [-0.15, -0.1) is 0 Å². The highest BCUT2D eigenvalue weighted by molar-refractivity contribution is 5.95. The lowest BCUT2D eigenvalue weighted by Gasteiger charge is -2.21. The van der Waals surface area contributed by atoms with Crippen molar-refractivity contribution in [3.63, 3.8) is 0 Å². The number of carbonyl (C=O) groups excluding carboxylic acids is 2. The molecule has 2 aliphatic heterocycles. The fraction of sp³-hybridized carbons (Fsp3) is 0.350. The van der Waals surface area contributed by atoms with Gasteiger partial charge in [-0.1, -0.05) is 0 Å². The molecule has 3 heterocycles. The molecule has 1 saturated heterocycles. The first-order chi connectivity index (χ1) is 13.1. The molecule has 7 heteroatoms. The molecule has 2 amide bonds. The molecule has 140 valence electrons. The second-order valence-corrected chi connectivity index (χ2v) is 6.94. The smallest absolute Gasteiger partial charge is 0.326 e. The van der Waals surface area contributed by atoms with E-state index >= 15 is 0 Å². The lowest BCUT2D eigenvalue weighted by molar-refractivity contribution is 0.0792. The number of nitrogens with zero attached hydrogens (tertiary/aromatic N) is 3. The zero-order chi connectivity index (χ0) is 19.0. The molecule has 4 rings (SSSR count). The van der Waals surface area contributed by atoms with Gasteiger partial charge >= 0.3 is 6.03 Å². The Morgan fingerprint density at radius 2 is 1.85 bits per heavy atom. The summed E-state index contributed by atoms with van der Waals surface area (Å²) in [6, 6.07) is 9.09. The number of aromatic nitrogens is 1. The lowest BCUT2D eigenvalue weighted by Crippen LogP contribution is -2.33. The van der Waals surface area contributed by atoms with Crippen molar-refractivity contribution in [3.05, 3.63) is 53.1 Å². The normalized spacial score (nSPS) is 15.7. The number of amides is 2. The monoisotopic (exact) mass is 365 g/mol. The number of rotatable bonds is 2. The summed E-state index contributed by atoms with van der Waals surface area (Å²) in [5, 5.41) is 10.6. The van der Waals surface area contributed by atoms with Crippen LogP contribution in [0.4, 0.5) is 16.2 Å². The maximum Gasteiger partial charge on any atom is 0.326 e. The van der Waals surface area contributed by atoms with E-state index in [4.69, 9.17) is 5.41 Å². The minimum atomic E-state index is -0.335. The van der Waals surface area contributed by atoms with Crippen LogP contribution in [0.2, 0.25) is 0 Å². The van der Waals surface area contributed by atoms with Crippen molar-refractivity contribution in [1.29, 1.82) is 5.41 Å². The van der Waals surface area contributed by atoms with Gasteiger partial charge < -0.3 is 15.1 Å². The van der Waals surface area contributed by atoms with E-state index in [0.29, 0.717) is 0 Å². The topological polar surface area (TPSA) is 81.4 Å². The first-order valence-corrected chi connectivity index (χ1v) is 9.27. The molecular formula is C20H23N5O2. The van der Waals surface area contributed by atoms with E-state index in [0.717, 1.165) is 61.4 Å². The Kier molecular flexibility index (Phi) is 4.43. The number of fused-ring (bicyclic) bond motifs is 1. The van der Waals surface area contributed by atoms with Gasteiger partial charge in [0.05, 0.1) is 0 Å². The van der Waals surface area contributed by atoms with Gasteiger partial charge in [0.25, 0.3) is 5.91 Å². The Labute approximate surface area is 157 Å². The highest BCUT2D eigenvalue weighted by Crippen LogP contribution is 2.34. The molecule has 0 bridgehead atoms.